The lowest BCUT2D eigenvalue weighted by molar-refractivity contribution is -0.145. The molecule has 2 N–H and O–H groups in total. The van der Waals surface area contributed by atoms with Crippen LogP contribution in [0.15, 0.2) is 24.3 Å². The first-order valence-electron chi connectivity index (χ1n) is 9.15. The van der Waals surface area contributed by atoms with E-state index in [-0.39, 0.29) is 0 Å². The lowest BCUT2D eigenvalue weighted by Gasteiger charge is -2.25. The van der Waals surface area contributed by atoms with Crippen molar-refractivity contribution in [2.45, 2.75) is 57.8 Å². The van der Waals surface area contributed by atoms with Crippen LogP contribution < -0.4 is 0 Å². The van der Waals surface area contributed by atoms with Crippen molar-refractivity contribution in [2.75, 3.05) is 0 Å². The van der Waals surface area contributed by atoms with Crippen molar-refractivity contribution in [2.24, 2.45) is 17.8 Å². The first-order chi connectivity index (χ1) is 12.0. The van der Waals surface area contributed by atoms with Gasteiger partial charge in [0.25, 0.3) is 0 Å². The molecule has 1 aromatic rings. The molecule has 0 heterocycles. The molecule has 0 saturated heterocycles. The van der Waals surface area contributed by atoms with E-state index in [1.165, 1.54) is 19.3 Å². The second-order valence-corrected chi connectivity index (χ2v) is 7.66. The monoisotopic (exact) mass is 366 g/mol. The maximum Gasteiger partial charge on any atom is 0.306 e. The highest BCUT2D eigenvalue weighted by atomic mass is 35.5. The largest absolute Gasteiger partial charge is 0.481 e. The Balaban J connectivity index is 1.92. The molecule has 2 rings (SSSR count). The molecule has 0 spiro atoms. The lowest BCUT2D eigenvalue weighted by Crippen LogP contribution is -2.23. The summed E-state index contributed by atoms with van der Waals surface area (Å²) in [6.45, 7) is 0. The van der Waals surface area contributed by atoms with E-state index in [4.69, 9.17) is 11.6 Å². The summed E-state index contributed by atoms with van der Waals surface area (Å²) in [5.74, 6) is -2.21. The normalized spacial score (nSPS) is 17.8. The predicted octanol–water partition coefficient (Wildman–Crippen LogP) is 5.03. The SMILES string of the molecule is O=C(O)[C@H](CC[C@H](CC1CCCCC1)C(=O)O)Cc1cccc(Cl)c1. The molecule has 0 unspecified atom stereocenters. The van der Waals surface area contributed by atoms with Crippen molar-refractivity contribution in [3.05, 3.63) is 34.9 Å². The zero-order valence-electron chi connectivity index (χ0n) is 14.5. The number of carboxylic acids is 2. The molecule has 5 heteroatoms. The molecule has 25 heavy (non-hydrogen) atoms. The van der Waals surface area contributed by atoms with Gasteiger partial charge in [0, 0.05) is 5.02 Å². The van der Waals surface area contributed by atoms with Crippen LogP contribution in [0.25, 0.3) is 0 Å². The van der Waals surface area contributed by atoms with E-state index in [0.717, 1.165) is 18.4 Å². The van der Waals surface area contributed by atoms with Crippen LogP contribution in [-0.2, 0) is 16.0 Å². The molecule has 2 atom stereocenters. The Hall–Kier alpha value is -1.55. The van der Waals surface area contributed by atoms with E-state index in [2.05, 4.69) is 0 Å². The fraction of sp³-hybridized carbons (Fsp3) is 0.600. The van der Waals surface area contributed by atoms with Crippen LogP contribution in [-0.4, -0.2) is 22.2 Å². The maximum absolute atomic E-state index is 11.6. The van der Waals surface area contributed by atoms with E-state index < -0.39 is 23.8 Å². The zero-order chi connectivity index (χ0) is 18.2. The fourth-order valence-electron chi connectivity index (χ4n) is 3.83. The summed E-state index contributed by atoms with van der Waals surface area (Å²) in [5.41, 5.74) is 0.874. The van der Waals surface area contributed by atoms with Crippen LogP contribution in [0.4, 0.5) is 0 Å². The summed E-state index contributed by atoms with van der Waals surface area (Å²) in [6, 6.07) is 7.19. The minimum Gasteiger partial charge on any atom is -0.481 e. The van der Waals surface area contributed by atoms with Gasteiger partial charge in [0.05, 0.1) is 11.8 Å². The summed E-state index contributed by atoms with van der Waals surface area (Å²) < 4.78 is 0. The minimum absolute atomic E-state index is 0.380. The van der Waals surface area contributed by atoms with Crippen molar-refractivity contribution in [3.63, 3.8) is 0 Å². The number of benzene rings is 1. The van der Waals surface area contributed by atoms with Crippen molar-refractivity contribution in [1.29, 1.82) is 0 Å². The van der Waals surface area contributed by atoms with Crippen LogP contribution in [0, 0.1) is 17.8 Å². The average Bonchev–Trinajstić information content (AvgIpc) is 2.57. The van der Waals surface area contributed by atoms with Crippen LogP contribution in [0.2, 0.25) is 5.02 Å². The first-order valence-corrected chi connectivity index (χ1v) is 9.53. The number of carboxylic acid groups (broad SMARTS) is 2. The molecule has 0 amide bonds. The minimum atomic E-state index is -0.873. The van der Waals surface area contributed by atoms with E-state index >= 15 is 0 Å². The number of rotatable bonds is 9. The molecule has 1 aromatic carbocycles. The van der Waals surface area contributed by atoms with Gasteiger partial charge in [-0.2, -0.15) is 0 Å². The average molecular weight is 367 g/mol. The van der Waals surface area contributed by atoms with E-state index in [0.29, 0.717) is 36.6 Å². The molecule has 0 bridgehead atoms. The highest BCUT2D eigenvalue weighted by Gasteiger charge is 2.26. The highest BCUT2D eigenvalue weighted by Crippen LogP contribution is 2.31. The Morgan fingerprint density at radius 1 is 1.04 bits per heavy atom. The number of hydrogen-bond acceptors (Lipinski definition) is 2. The quantitative estimate of drug-likeness (QED) is 0.642. The maximum atomic E-state index is 11.6. The Labute approximate surface area is 154 Å². The molecule has 0 aromatic heterocycles. The van der Waals surface area contributed by atoms with E-state index in [1.54, 1.807) is 18.2 Å². The molecular weight excluding hydrogens is 340 g/mol. The second kappa shape index (κ2) is 9.81. The van der Waals surface area contributed by atoms with Gasteiger partial charge in [0.1, 0.15) is 0 Å². The highest BCUT2D eigenvalue weighted by molar-refractivity contribution is 6.30. The number of aliphatic carboxylic acids is 2. The van der Waals surface area contributed by atoms with Gasteiger partial charge in [-0.25, -0.2) is 0 Å². The third-order valence-electron chi connectivity index (χ3n) is 5.28. The molecule has 1 saturated carbocycles. The third kappa shape index (κ3) is 6.69. The summed E-state index contributed by atoms with van der Waals surface area (Å²) >= 11 is 5.96. The van der Waals surface area contributed by atoms with Crippen molar-refractivity contribution in [1.82, 2.24) is 0 Å². The van der Waals surface area contributed by atoms with Crippen LogP contribution in [0.3, 0.4) is 0 Å². The third-order valence-corrected chi connectivity index (χ3v) is 5.51. The van der Waals surface area contributed by atoms with Gasteiger partial charge in [-0.3, -0.25) is 9.59 Å². The summed E-state index contributed by atoms with van der Waals surface area (Å²) in [5, 5.41) is 19.6. The van der Waals surface area contributed by atoms with Gasteiger partial charge >= 0.3 is 11.9 Å². The standard InChI is InChI=1S/C20H27ClO4/c21-18-8-4-7-15(13-18)12-17(20(24)25)10-9-16(19(22)23)11-14-5-2-1-3-6-14/h4,7-8,13-14,16-17H,1-3,5-6,9-12H2,(H,22,23)(H,24,25)/t16-,17-/m1/s1. The molecule has 138 valence electrons. The lowest BCUT2D eigenvalue weighted by atomic mass is 9.80. The second-order valence-electron chi connectivity index (χ2n) is 7.22. The topological polar surface area (TPSA) is 74.6 Å². The fourth-order valence-corrected chi connectivity index (χ4v) is 4.04. The van der Waals surface area contributed by atoms with Crippen molar-refractivity contribution < 1.29 is 19.8 Å². The predicted molar refractivity (Wildman–Crippen MR) is 97.8 cm³/mol. The molecule has 1 fully saturated rings. The smallest absolute Gasteiger partial charge is 0.306 e. The van der Waals surface area contributed by atoms with E-state index in [9.17, 15) is 19.8 Å². The molecule has 4 nitrogen and oxygen atoms in total. The van der Waals surface area contributed by atoms with E-state index in [1.807, 2.05) is 6.07 Å². The van der Waals surface area contributed by atoms with Crippen LogP contribution in [0.5, 0.6) is 0 Å². The Morgan fingerprint density at radius 2 is 1.68 bits per heavy atom. The number of hydrogen-bond donors (Lipinski definition) is 2. The molecule has 0 radical (unpaired) electrons. The Morgan fingerprint density at radius 3 is 2.28 bits per heavy atom. The van der Waals surface area contributed by atoms with Crippen LogP contribution in [0.1, 0.15) is 56.9 Å². The summed E-state index contributed by atoms with van der Waals surface area (Å²) in [4.78, 5) is 23.2. The zero-order valence-corrected chi connectivity index (χ0v) is 15.3. The van der Waals surface area contributed by atoms with Crippen molar-refractivity contribution >= 4 is 23.5 Å². The Kier molecular flexibility index (Phi) is 7.76. The summed E-state index contributed by atoms with van der Waals surface area (Å²) in [7, 11) is 0. The molecule has 1 aliphatic carbocycles. The van der Waals surface area contributed by atoms with Gasteiger partial charge < -0.3 is 10.2 Å². The Bertz CT molecular complexity index is 581. The van der Waals surface area contributed by atoms with Gasteiger partial charge in [0.15, 0.2) is 0 Å². The van der Waals surface area contributed by atoms with Gasteiger partial charge in [-0.15, -0.1) is 0 Å². The van der Waals surface area contributed by atoms with Gasteiger partial charge in [-0.05, 0) is 49.3 Å². The summed E-state index contributed by atoms with van der Waals surface area (Å²) in [6.07, 6.45) is 7.69. The van der Waals surface area contributed by atoms with Crippen molar-refractivity contribution in [3.8, 4) is 0 Å². The number of halogens is 1. The molecule has 0 aliphatic heterocycles. The molecular formula is C20H27ClO4. The van der Waals surface area contributed by atoms with Gasteiger partial charge in [-0.1, -0.05) is 55.8 Å². The van der Waals surface area contributed by atoms with Crippen LogP contribution >= 0.6 is 11.6 Å². The molecule has 1 aliphatic rings. The van der Waals surface area contributed by atoms with Gasteiger partial charge in [0.2, 0.25) is 0 Å². The number of carbonyl (C=O) groups is 2. The first kappa shape index (κ1) is 19.8.